The molecular weight excluding hydrogens is 852 g/mol. The number of fused-ring (bicyclic) bond motifs is 1. The van der Waals surface area contributed by atoms with Crippen molar-refractivity contribution in [2.75, 3.05) is 73.9 Å². The van der Waals surface area contributed by atoms with Crippen LogP contribution in [0.5, 0.6) is 0 Å². The van der Waals surface area contributed by atoms with Gasteiger partial charge in [0, 0.05) is 62.1 Å². The third kappa shape index (κ3) is 10.7. The molecule has 2 aromatic carbocycles. The van der Waals surface area contributed by atoms with Gasteiger partial charge in [-0.3, -0.25) is 39.0 Å². The van der Waals surface area contributed by atoms with Gasteiger partial charge < -0.3 is 41.8 Å². The number of imide groups is 2. The van der Waals surface area contributed by atoms with Crippen LogP contribution in [0.1, 0.15) is 79.0 Å². The van der Waals surface area contributed by atoms with E-state index in [4.69, 9.17) is 32.5 Å². The van der Waals surface area contributed by atoms with Crippen LogP contribution < -0.4 is 37.6 Å². The van der Waals surface area contributed by atoms with E-state index < -0.39 is 29.7 Å². The number of nitrogen functional groups attached to an aromatic ring is 1. The molecule has 0 radical (unpaired) electrons. The molecular formula is C43H53ClN10O8S. The van der Waals surface area contributed by atoms with Crippen molar-refractivity contribution < 1.29 is 38.2 Å². The summed E-state index contributed by atoms with van der Waals surface area (Å²) in [4.78, 5) is 87.9. The van der Waals surface area contributed by atoms with Gasteiger partial charge in [0.15, 0.2) is 5.82 Å². The number of carbonyl (C=O) groups excluding carboxylic acids is 6. The molecule has 3 aliphatic heterocycles. The highest BCUT2D eigenvalue weighted by Gasteiger charge is 2.47. The second-order valence-electron chi connectivity index (χ2n) is 16.3. The number of aromatic nitrogens is 2. The Morgan fingerprint density at radius 3 is 2.40 bits per heavy atom. The van der Waals surface area contributed by atoms with E-state index in [9.17, 15) is 28.8 Å². The Morgan fingerprint density at radius 1 is 0.952 bits per heavy atom. The fourth-order valence-electron chi connectivity index (χ4n) is 8.59. The van der Waals surface area contributed by atoms with Gasteiger partial charge in [-0.25, -0.2) is 9.97 Å². The number of piperidine rings is 2. The monoisotopic (exact) mass is 904 g/mol. The Balaban J connectivity index is 0.741. The number of benzene rings is 2. The lowest BCUT2D eigenvalue weighted by Gasteiger charge is -2.43. The van der Waals surface area contributed by atoms with Crippen molar-refractivity contribution in [3.63, 3.8) is 0 Å². The molecule has 6 amide bonds. The summed E-state index contributed by atoms with van der Waals surface area (Å²) in [5.74, 6) is -1.30. The van der Waals surface area contributed by atoms with E-state index in [0.717, 1.165) is 36.6 Å². The van der Waals surface area contributed by atoms with Crippen molar-refractivity contribution in [3.8, 4) is 0 Å². The standard InChI is InChI=1S/C43H53ClN10O8S/c1-25-11-12-43(37(25)45)13-17-53(18-14-43)32-24-49-40(38(46)51-32)63-31-4-2-3-29(36(31)44)50-34(56)10-9-33(55)48-16-20-62-22-21-61-19-15-47-26-5-6-27-28(23-26)42(60)54(41(27)59)30-7-8-35(57)52-39(30)58/h2-6,23-25,30,37,47H,7-22,45H2,1H3,(H2,46,51)(H,48,55)(H,50,56)(H,52,57,58)/t25-,30?,37-/m1/s1. The summed E-state index contributed by atoms with van der Waals surface area (Å²) in [5, 5.41) is 11.7. The minimum atomic E-state index is -1.02. The molecule has 3 aromatic rings. The highest BCUT2D eigenvalue weighted by atomic mass is 35.5. The Hall–Kier alpha value is -5.34. The van der Waals surface area contributed by atoms with Gasteiger partial charge in [-0.15, -0.1) is 0 Å². The first kappa shape index (κ1) is 45.7. The zero-order valence-corrected chi connectivity index (χ0v) is 36.7. The van der Waals surface area contributed by atoms with Gasteiger partial charge in [-0.1, -0.05) is 36.4 Å². The SMILES string of the molecule is C[C@@H]1CCC2(CCN(c3cnc(Sc4cccc(NC(=O)CCC(=O)NCCOCCOCCNc5ccc6c(c5)C(=O)N(C5CCC(=O)NC5=O)C6=O)c4Cl)c(N)n3)CC2)[C@@H]1N. The Labute approximate surface area is 374 Å². The zero-order chi connectivity index (χ0) is 44.7. The lowest BCUT2D eigenvalue weighted by atomic mass is 9.73. The van der Waals surface area contributed by atoms with E-state index in [1.54, 1.807) is 30.5 Å². The molecule has 3 atom stereocenters. The van der Waals surface area contributed by atoms with Crippen molar-refractivity contribution in [1.29, 1.82) is 0 Å². The average Bonchev–Trinajstić information content (AvgIpc) is 3.68. The fraction of sp³-hybridized carbons (Fsp3) is 0.488. The molecule has 1 aliphatic carbocycles. The second kappa shape index (κ2) is 20.4. The number of ether oxygens (including phenoxy) is 2. The van der Waals surface area contributed by atoms with Gasteiger partial charge in [0.2, 0.25) is 23.6 Å². The van der Waals surface area contributed by atoms with Crippen LogP contribution in [0, 0.1) is 11.3 Å². The molecule has 1 spiro atoms. The molecule has 0 bridgehead atoms. The van der Waals surface area contributed by atoms with Gasteiger partial charge in [0.25, 0.3) is 11.8 Å². The van der Waals surface area contributed by atoms with Crippen LogP contribution in [0.25, 0.3) is 0 Å². The van der Waals surface area contributed by atoms with Crippen LogP contribution in [-0.2, 0) is 28.7 Å². The van der Waals surface area contributed by atoms with Gasteiger partial charge in [-0.2, -0.15) is 0 Å². The van der Waals surface area contributed by atoms with E-state index in [1.807, 2.05) is 6.07 Å². The van der Waals surface area contributed by atoms with Crippen LogP contribution in [-0.4, -0.2) is 115 Å². The number of carbonyl (C=O) groups is 6. The number of nitrogens with two attached hydrogens (primary N) is 2. The summed E-state index contributed by atoms with van der Waals surface area (Å²) in [6, 6.07) is 9.24. The summed E-state index contributed by atoms with van der Waals surface area (Å²) < 4.78 is 11.1. The molecule has 4 heterocycles. The maximum atomic E-state index is 13.0. The first-order valence-corrected chi connectivity index (χ1v) is 22.4. The zero-order valence-electron chi connectivity index (χ0n) is 35.1. The fourth-order valence-corrected chi connectivity index (χ4v) is 9.69. The first-order chi connectivity index (χ1) is 30.3. The largest absolute Gasteiger partial charge is 0.383 e. The number of nitrogens with zero attached hydrogens (tertiary/aromatic N) is 4. The van der Waals surface area contributed by atoms with Crippen LogP contribution in [0.15, 0.2) is 52.5 Å². The first-order valence-electron chi connectivity index (χ1n) is 21.2. The van der Waals surface area contributed by atoms with E-state index in [2.05, 4.69) is 43.1 Å². The lowest BCUT2D eigenvalue weighted by molar-refractivity contribution is -0.136. The summed E-state index contributed by atoms with van der Waals surface area (Å²) >= 11 is 7.95. The Kier molecular flexibility index (Phi) is 14.8. The summed E-state index contributed by atoms with van der Waals surface area (Å²) in [7, 11) is 0. The Bertz CT molecular complexity index is 2240. The van der Waals surface area contributed by atoms with E-state index in [-0.39, 0.29) is 73.2 Å². The summed E-state index contributed by atoms with van der Waals surface area (Å²) in [5.41, 5.74) is 14.6. The number of amides is 6. The van der Waals surface area contributed by atoms with E-state index in [1.165, 1.54) is 30.7 Å². The molecule has 1 saturated carbocycles. The molecule has 1 aromatic heterocycles. The molecule has 3 fully saturated rings. The molecule has 7 rings (SSSR count). The Morgan fingerprint density at radius 2 is 1.68 bits per heavy atom. The molecule has 2 saturated heterocycles. The third-order valence-electron chi connectivity index (χ3n) is 12.2. The van der Waals surface area contributed by atoms with Crippen molar-refractivity contribution in [2.24, 2.45) is 17.1 Å². The van der Waals surface area contributed by atoms with Crippen LogP contribution in [0.3, 0.4) is 0 Å². The van der Waals surface area contributed by atoms with Gasteiger partial charge in [0.1, 0.15) is 16.9 Å². The molecule has 63 heavy (non-hydrogen) atoms. The van der Waals surface area contributed by atoms with Crippen molar-refractivity contribution in [1.82, 2.24) is 25.5 Å². The van der Waals surface area contributed by atoms with Crippen molar-refractivity contribution >= 4 is 81.8 Å². The van der Waals surface area contributed by atoms with Crippen molar-refractivity contribution in [3.05, 3.63) is 58.7 Å². The number of hydrogen-bond donors (Lipinski definition) is 6. The number of rotatable bonds is 18. The second-order valence-corrected chi connectivity index (χ2v) is 17.7. The minimum Gasteiger partial charge on any atom is -0.383 e. The van der Waals surface area contributed by atoms with E-state index in [0.29, 0.717) is 64.4 Å². The minimum absolute atomic E-state index is 0.0246. The smallest absolute Gasteiger partial charge is 0.262 e. The normalized spacial score (nSPS) is 20.5. The molecule has 1 unspecified atom stereocenters. The van der Waals surface area contributed by atoms with Gasteiger partial charge in [-0.05, 0) is 73.8 Å². The van der Waals surface area contributed by atoms with Crippen LogP contribution in [0.4, 0.5) is 23.0 Å². The quantitative estimate of drug-likeness (QED) is 0.0788. The van der Waals surface area contributed by atoms with Crippen LogP contribution in [0.2, 0.25) is 5.02 Å². The number of halogens is 1. The molecule has 4 aliphatic rings. The molecule has 336 valence electrons. The van der Waals surface area contributed by atoms with Crippen LogP contribution >= 0.6 is 23.4 Å². The molecule has 20 heteroatoms. The third-order valence-corrected chi connectivity index (χ3v) is 13.8. The predicted molar refractivity (Wildman–Crippen MR) is 236 cm³/mol. The van der Waals surface area contributed by atoms with E-state index >= 15 is 0 Å². The number of anilines is 4. The van der Waals surface area contributed by atoms with Gasteiger partial charge in [0.05, 0.1) is 54.5 Å². The topological polar surface area (TPSA) is 253 Å². The molecule has 8 N–H and O–H groups in total. The number of hydrogen-bond acceptors (Lipinski definition) is 15. The average molecular weight is 905 g/mol. The summed E-state index contributed by atoms with van der Waals surface area (Å²) in [6.07, 6.45) is 6.23. The maximum Gasteiger partial charge on any atom is 0.262 e. The predicted octanol–water partition coefficient (Wildman–Crippen LogP) is 3.59. The molecule has 18 nitrogen and oxygen atoms in total. The highest BCUT2D eigenvalue weighted by Crippen LogP contribution is 2.48. The summed E-state index contributed by atoms with van der Waals surface area (Å²) in [6.45, 7) is 5.82. The highest BCUT2D eigenvalue weighted by molar-refractivity contribution is 7.99. The van der Waals surface area contributed by atoms with Crippen molar-refractivity contribution in [2.45, 2.75) is 80.3 Å². The maximum absolute atomic E-state index is 13.0. The van der Waals surface area contributed by atoms with Gasteiger partial charge >= 0.3 is 0 Å². The lowest BCUT2D eigenvalue weighted by Crippen LogP contribution is -2.54. The number of nitrogens with one attached hydrogen (secondary N) is 4.